The van der Waals surface area contributed by atoms with Gasteiger partial charge < -0.3 is 31.3 Å². The zero-order chi connectivity index (χ0) is 29.2. The molecule has 1 aliphatic heterocycles. The van der Waals surface area contributed by atoms with E-state index in [2.05, 4.69) is 21.3 Å². The molecule has 40 heavy (non-hydrogen) atoms. The Balaban J connectivity index is 1.93. The summed E-state index contributed by atoms with van der Waals surface area (Å²) in [4.78, 5) is 67.2. The van der Waals surface area contributed by atoms with E-state index in [1.54, 1.807) is 68.4 Å². The number of benzene rings is 2. The maximum absolute atomic E-state index is 13.4. The van der Waals surface area contributed by atoms with Gasteiger partial charge in [0.15, 0.2) is 0 Å². The van der Waals surface area contributed by atoms with Crippen LogP contribution in [0.3, 0.4) is 0 Å². The van der Waals surface area contributed by atoms with Gasteiger partial charge >= 0.3 is 0 Å². The van der Waals surface area contributed by atoms with Gasteiger partial charge in [-0.2, -0.15) is 0 Å². The van der Waals surface area contributed by atoms with E-state index in [-0.39, 0.29) is 32.0 Å². The average Bonchev–Trinajstić information content (AvgIpc) is 2.93. The minimum Gasteiger partial charge on any atom is -0.391 e. The normalized spacial score (nSPS) is 22.2. The Morgan fingerprint density at radius 3 is 2.08 bits per heavy atom. The van der Waals surface area contributed by atoms with Crippen molar-refractivity contribution in [3.8, 4) is 0 Å². The van der Waals surface area contributed by atoms with Crippen LogP contribution in [0.5, 0.6) is 0 Å². The first kappa shape index (κ1) is 30.3. The fraction of sp³-hybridized carbons (Fsp3) is 0.414. The van der Waals surface area contributed by atoms with E-state index in [1.165, 1.54) is 11.8 Å². The highest BCUT2D eigenvalue weighted by Gasteiger charge is 2.33. The quantitative estimate of drug-likeness (QED) is 0.352. The van der Waals surface area contributed by atoms with Crippen LogP contribution in [0.1, 0.15) is 36.7 Å². The van der Waals surface area contributed by atoms with Crippen molar-refractivity contribution >= 4 is 29.5 Å². The van der Waals surface area contributed by atoms with E-state index in [0.29, 0.717) is 5.56 Å². The second kappa shape index (κ2) is 14.2. The van der Waals surface area contributed by atoms with Gasteiger partial charge in [-0.3, -0.25) is 24.0 Å². The second-order valence-electron chi connectivity index (χ2n) is 10.2. The summed E-state index contributed by atoms with van der Waals surface area (Å²) < 4.78 is 0. The molecule has 1 heterocycles. The van der Waals surface area contributed by atoms with E-state index in [1.807, 2.05) is 6.07 Å². The van der Waals surface area contributed by atoms with Crippen LogP contribution in [-0.2, 0) is 25.6 Å². The fourth-order valence-corrected chi connectivity index (χ4v) is 4.35. The first-order valence-electron chi connectivity index (χ1n) is 13.3. The Bertz CT molecular complexity index is 1190. The number of rotatable bonds is 5. The monoisotopic (exact) mass is 551 g/mol. The first-order chi connectivity index (χ1) is 19.1. The molecule has 0 aromatic heterocycles. The molecule has 1 fully saturated rings. The maximum Gasteiger partial charge on any atom is 0.254 e. The molecule has 0 aliphatic carbocycles. The summed E-state index contributed by atoms with van der Waals surface area (Å²) in [7, 11) is 0. The molecule has 1 aliphatic rings. The van der Waals surface area contributed by atoms with E-state index in [9.17, 15) is 29.1 Å². The highest BCUT2D eigenvalue weighted by molar-refractivity contribution is 5.98. The summed E-state index contributed by atoms with van der Waals surface area (Å²) >= 11 is 0. The number of nitrogens with zero attached hydrogens (tertiary/aromatic N) is 1. The van der Waals surface area contributed by atoms with E-state index < -0.39 is 53.8 Å². The van der Waals surface area contributed by atoms with Crippen molar-refractivity contribution in [1.29, 1.82) is 0 Å². The summed E-state index contributed by atoms with van der Waals surface area (Å²) in [5.41, 5.74) is 1.12. The molecule has 1 saturated heterocycles. The molecule has 0 unspecified atom stereocenters. The molecule has 11 heteroatoms. The molecule has 0 radical (unpaired) electrons. The largest absolute Gasteiger partial charge is 0.391 e. The molecular formula is C29H37N5O6. The van der Waals surface area contributed by atoms with Crippen molar-refractivity contribution in [2.45, 2.75) is 51.4 Å². The lowest BCUT2D eigenvalue weighted by molar-refractivity contribution is -0.135. The lowest BCUT2D eigenvalue weighted by atomic mass is 10.0. The van der Waals surface area contributed by atoms with Gasteiger partial charge in [-0.1, -0.05) is 62.4 Å². The van der Waals surface area contributed by atoms with Crippen LogP contribution in [0.2, 0.25) is 0 Å². The summed E-state index contributed by atoms with van der Waals surface area (Å²) in [6.07, 6.45) is -1.13. The molecule has 214 valence electrons. The highest BCUT2D eigenvalue weighted by Crippen LogP contribution is 2.09. The molecule has 5 N–H and O–H groups in total. The molecule has 2 aromatic rings. The SMILES string of the molecule is CC(C)[C@H]1NC(=O)CN(C(=O)c2ccccc2)CCNC(=O)[C@H]([C@@H](C)O)NC(=O)[C@H](Cc2ccccc2)NC1=O. The second-order valence-corrected chi connectivity index (χ2v) is 10.2. The molecule has 11 nitrogen and oxygen atoms in total. The zero-order valence-electron chi connectivity index (χ0n) is 22.9. The van der Waals surface area contributed by atoms with Crippen molar-refractivity contribution in [3.05, 3.63) is 71.8 Å². The Morgan fingerprint density at radius 2 is 1.48 bits per heavy atom. The Kier molecular flexibility index (Phi) is 10.8. The third-order valence-electron chi connectivity index (χ3n) is 6.57. The van der Waals surface area contributed by atoms with Gasteiger partial charge in [-0.05, 0) is 30.5 Å². The van der Waals surface area contributed by atoms with E-state index in [0.717, 1.165) is 5.56 Å². The summed E-state index contributed by atoms with van der Waals surface area (Å²) in [6.45, 7) is 4.45. The molecule has 0 spiro atoms. The first-order valence-corrected chi connectivity index (χ1v) is 13.3. The van der Waals surface area contributed by atoms with Crippen LogP contribution < -0.4 is 21.3 Å². The molecule has 4 atom stereocenters. The molecule has 2 aromatic carbocycles. The number of carbonyl (C=O) groups excluding carboxylic acids is 5. The minimum absolute atomic E-state index is 0.0253. The van der Waals surface area contributed by atoms with Gasteiger partial charge in [0.05, 0.1) is 12.6 Å². The Labute approximate surface area is 233 Å². The highest BCUT2D eigenvalue weighted by atomic mass is 16.3. The predicted molar refractivity (Wildman–Crippen MR) is 148 cm³/mol. The number of hydrogen-bond acceptors (Lipinski definition) is 6. The smallest absolute Gasteiger partial charge is 0.254 e. The van der Waals surface area contributed by atoms with E-state index >= 15 is 0 Å². The van der Waals surface area contributed by atoms with Gasteiger partial charge in [0.2, 0.25) is 23.6 Å². The van der Waals surface area contributed by atoms with Crippen molar-refractivity contribution in [2.75, 3.05) is 19.6 Å². The number of amides is 5. The lowest BCUT2D eigenvalue weighted by Crippen LogP contribution is -2.60. The van der Waals surface area contributed by atoms with Gasteiger partial charge in [0.25, 0.3) is 5.91 Å². The van der Waals surface area contributed by atoms with Gasteiger partial charge in [-0.25, -0.2) is 0 Å². The number of carbonyl (C=O) groups is 5. The van der Waals surface area contributed by atoms with Crippen molar-refractivity contribution in [1.82, 2.24) is 26.2 Å². The van der Waals surface area contributed by atoms with Gasteiger partial charge in [0.1, 0.15) is 18.1 Å². The van der Waals surface area contributed by atoms with Crippen LogP contribution in [0.15, 0.2) is 60.7 Å². The minimum atomic E-state index is -1.31. The van der Waals surface area contributed by atoms with Crippen LogP contribution in [0.25, 0.3) is 0 Å². The Hall–Kier alpha value is -4.25. The molecule has 5 amide bonds. The van der Waals surface area contributed by atoms with Crippen molar-refractivity contribution < 1.29 is 29.1 Å². The number of nitrogens with one attached hydrogen (secondary N) is 4. The summed E-state index contributed by atoms with van der Waals surface area (Å²) in [5.74, 6) is -3.25. The summed E-state index contributed by atoms with van der Waals surface area (Å²) in [5, 5.41) is 20.9. The van der Waals surface area contributed by atoms with Crippen LogP contribution in [-0.4, -0.2) is 83.4 Å². The van der Waals surface area contributed by atoms with Gasteiger partial charge in [0, 0.05) is 25.1 Å². The van der Waals surface area contributed by atoms with Crippen molar-refractivity contribution in [2.24, 2.45) is 5.92 Å². The van der Waals surface area contributed by atoms with E-state index in [4.69, 9.17) is 0 Å². The zero-order valence-corrected chi connectivity index (χ0v) is 22.9. The number of aliphatic hydroxyl groups is 1. The van der Waals surface area contributed by atoms with Crippen molar-refractivity contribution in [3.63, 3.8) is 0 Å². The van der Waals surface area contributed by atoms with Crippen LogP contribution in [0.4, 0.5) is 0 Å². The molecule has 0 saturated carbocycles. The number of hydrogen-bond donors (Lipinski definition) is 5. The van der Waals surface area contributed by atoms with Gasteiger partial charge in [-0.15, -0.1) is 0 Å². The molecule has 3 rings (SSSR count). The predicted octanol–water partition coefficient (Wildman–Crippen LogP) is -0.00750. The third-order valence-corrected chi connectivity index (χ3v) is 6.57. The van der Waals surface area contributed by atoms with Crippen LogP contribution in [0, 0.1) is 5.92 Å². The summed E-state index contributed by atoms with van der Waals surface area (Å²) in [6, 6.07) is 14.0. The standard InChI is InChI=1S/C29H37N5O6/c1-18(2)24-28(39)31-22(16-20-10-6-4-7-11-20)26(37)33-25(19(3)35)27(38)30-14-15-34(17-23(36)32-24)29(40)21-12-8-5-9-13-21/h4-13,18-19,22,24-25,35H,14-17H2,1-3H3,(H,30,38)(H,31,39)(H,32,36)(H,33,37)/t19-,22+,24-,25+/m1/s1. The fourth-order valence-electron chi connectivity index (χ4n) is 4.35. The molecule has 0 bridgehead atoms. The lowest BCUT2D eigenvalue weighted by Gasteiger charge is -2.27. The van der Waals surface area contributed by atoms with Crippen LogP contribution >= 0.6 is 0 Å². The topological polar surface area (TPSA) is 157 Å². The Morgan fingerprint density at radius 1 is 0.850 bits per heavy atom. The molecular weight excluding hydrogens is 514 g/mol. The maximum atomic E-state index is 13.4. The average molecular weight is 552 g/mol. The number of aliphatic hydroxyl groups excluding tert-OH is 1. The third kappa shape index (κ3) is 8.37.